The highest BCUT2D eigenvalue weighted by Crippen LogP contribution is 2.13. The van der Waals surface area contributed by atoms with Gasteiger partial charge in [-0.05, 0) is 61.0 Å². The van der Waals surface area contributed by atoms with E-state index >= 15 is 0 Å². The Labute approximate surface area is 179 Å². The average molecular weight is 414 g/mol. The molecule has 4 rings (SSSR count). The Morgan fingerprint density at radius 3 is 2.58 bits per heavy atom. The van der Waals surface area contributed by atoms with Crippen molar-refractivity contribution in [1.29, 1.82) is 0 Å². The lowest BCUT2D eigenvalue weighted by Crippen LogP contribution is -2.29. The molecule has 0 aliphatic carbocycles. The van der Waals surface area contributed by atoms with Crippen LogP contribution in [0.4, 0.5) is 17.5 Å². The Morgan fingerprint density at radius 2 is 1.81 bits per heavy atom. The van der Waals surface area contributed by atoms with E-state index in [0.717, 1.165) is 11.3 Å². The summed E-state index contributed by atoms with van der Waals surface area (Å²) in [5.74, 6) is 1.80. The summed E-state index contributed by atoms with van der Waals surface area (Å²) in [5.41, 5.74) is 2.52. The number of amides is 1. The molecule has 0 radical (unpaired) electrons. The minimum absolute atomic E-state index is 0.146. The zero-order valence-corrected chi connectivity index (χ0v) is 17.0. The molecule has 0 spiro atoms. The number of aromatic nitrogens is 5. The first-order chi connectivity index (χ1) is 15.2. The van der Waals surface area contributed by atoms with Gasteiger partial charge in [-0.1, -0.05) is 6.07 Å². The van der Waals surface area contributed by atoms with Crippen LogP contribution < -0.4 is 16.0 Å². The van der Waals surface area contributed by atoms with Crippen molar-refractivity contribution in [2.75, 3.05) is 23.7 Å². The normalized spacial score (nSPS) is 10.5. The molecular formula is C22H22N8O. The van der Waals surface area contributed by atoms with Gasteiger partial charge in [-0.15, -0.1) is 10.2 Å². The van der Waals surface area contributed by atoms with Crippen LogP contribution in [-0.4, -0.2) is 44.0 Å². The first kappa shape index (κ1) is 20.0. The zero-order chi connectivity index (χ0) is 21.5. The van der Waals surface area contributed by atoms with Crippen molar-refractivity contribution in [2.45, 2.75) is 6.92 Å². The first-order valence-corrected chi connectivity index (χ1v) is 9.83. The number of nitrogens with zero attached hydrogens (tertiary/aromatic N) is 5. The van der Waals surface area contributed by atoms with Gasteiger partial charge in [0.25, 0.3) is 5.91 Å². The first-order valence-electron chi connectivity index (χ1n) is 9.83. The number of carbonyl (C=O) groups is 1. The molecule has 156 valence electrons. The van der Waals surface area contributed by atoms with Crippen LogP contribution >= 0.6 is 0 Å². The fourth-order valence-electron chi connectivity index (χ4n) is 2.91. The SMILES string of the molecule is Cc1ccnc(Nc2ccc(NCCNC(=O)c3cccc(-n4cccn4)c3)nn2)c1. The minimum Gasteiger partial charge on any atom is -0.367 e. The predicted octanol–water partition coefficient (Wildman–Crippen LogP) is 2.95. The fraction of sp³-hybridized carbons (Fsp3) is 0.136. The molecule has 3 N–H and O–H groups in total. The molecule has 0 aliphatic heterocycles. The third-order valence-electron chi connectivity index (χ3n) is 4.43. The summed E-state index contributed by atoms with van der Waals surface area (Å²) in [6, 6.07) is 16.6. The van der Waals surface area contributed by atoms with Crippen LogP contribution in [0.5, 0.6) is 0 Å². The summed E-state index contributed by atoms with van der Waals surface area (Å²) in [4.78, 5) is 16.6. The fourth-order valence-corrected chi connectivity index (χ4v) is 2.91. The van der Waals surface area contributed by atoms with E-state index in [2.05, 4.69) is 36.2 Å². The van der Waals surface area contributed by atoms with Crippen molar-refractivity contribution < 1.29 is 4.79 Å². The summed E-state index contributed by atoms with van der Waals surface area (Å²) < 4.78 is 1.71. The number of aryl methyl sites for hydroxylation is 1. The van der Waals surface area contributed by atoms with Gasteiger partial charge in [0.05, 0.1) is 5.69 Å². The molecule has 0 saturated carbocycles. The molecular weight excluding hydrogens is 392 g/mol. The molecule has 31 heavy (non-hydrogen) atoms. The van der Waals surface area contributed by atoms with E-state index in [4.69, 9.17) is 0 Å². The van der Waals surface area contributed by atoms with E-state index in [9.17, 15) is 4.79 Å². The molecule has 0 aliphatic rings. The van der Waals surface area contributed by atoms with Crippen molar-refractivity contribution in [3.05, 3.63) is 84.3 Å². The van der Waals surface area contributed by atoms with E-state index in [0.29, 0.717) is 36.1 Å². The highest BCUT2D eigenvalue weighted by Gasteiger charge is 2.07. The molecule has 0 saturated heterocycles. The van der Waals surface area contributed by atoms with Crippen LogP contribution in [0, 0.1) is 6.92 Å². The van der Waals surface area contributed by atoms with Crippen molar-refractivity contribution in [2.24, 2.45) is 0 Å². The van der Waals surface area contributed by atoms with E-state index < -0.39 is 0 Å². The van der Waals surface area contributed by atoms with Crippen molar-refractivity contribution in [1.82, 2.24) is 30.3 Å². The van der Waals surface area contributed by atoms with Gasteiger partial charge >= 0.3 is 0 Å². The van der Waals surface area contributed by atoms with Crippen LogP contribution in [0.3, 0.4) is 0 Å². The van der Waals surface area contributed by atoms with E-state index in [1.165, 1.54) is 0 Å². The third kappa shape index (κ3) is 5.41. The van der Waals surface area contributed by atoms with Crippen molar-refractivity contribution in [3.8, 4) is 5.69 Å². The summed E-state index contributed by atoms with van der Waals surface area (Å²) in [6.45, 7) is 2.96. The number of benzene rings is 1. The largest absolute Gasteiger partial charge is 0.367 e. The highest BCUT2D eigenvalue weighted by molar-refractivity contribution is 5.94. The average Bonchev–Trinajstić information content (AvgIpc) is 3.33. The summed E-state index contributed by atoms with van der Waals surface area (Å²) in [7, 11) is 0. The number of pyridine rings is 1. The Hall–Kier alpha value is -4.27. The maximum atomic E-state index is 12.4. The van der Waals surface area contributed by atoms with Gasteiger partial charge < -0.3 is 16.0 Å². The second kappa shape index (κ2) is 9.49. The monoisotopic (exact) mass is 414 g/mol. The number of hydrogen-bond donors (Lipinski definition) is 3. The lowest BCUT2D eigenvalue weighted by atomic mass is 10.2. The molecule has 9 nitrogen and oxygen atoms in total. The molecule has 9 heteroatoms. The summed E-state index contributed by atoms with van der Waals surface area (Å²) in [5, 5.41) is 21.6. The zero-order valence-electron chi connectivity index (χ0n) is 17.0. The number of nitrogens with one attached hydrogen (secondary N) is 3. The molecule has 0 fully saturated rings. The quantitative estimate of drug-likeness (QED) is 0.380. The van der Waals surface area contributed by atoms with E-state index in [1.54, 1.807) is 29.2 Å². The van der Waals surface area contributed by atoms with Crippen molar-refractivity contribution >= 4 is 23.4 Å². The Balaban J connectivity index is 1.24. The van der Waals surface area contributed by atoms with Gasteiger partial charge in [0.15, 0.2) is 5.82 Å². The van der Waals surface area contributed by atoms with Gasteiger partial charge in [0.1, 0.15) is 11.6 Å². The second-order valence-electron chi connectivity index (χ2n) is 6.83. The van der Waals surface area contributed by atoms with Gasteiger partial charge in [0.2, 0.25) is 0 Å². The molecule has 1 aromatic carbocycles. The number of anilines is 3. The molecule has 3 heterocycles. The minimum atomic E-state index is -0.146. The van der Waals surface area contributed by atoms with Crippen LogP contribution in [0.25, 0.3) is 5.69 Å². The number of hydrogen-bond acceptors (Lipinski definition) is 7. The lowest BCUT2D eigenvalue weighted by Gasteiger charge is -2.09. The molecule has 4 aromatic rings. The van der Waals surface area contributed by atoms with E-state index in [1.807, 2.05) is 55.6 Å². The standard InChI is InChI=1S/C22H22N8O/c1-16-8-10-23-21(14-16)27-20-7-6-19(28-29-20)24-11-12-25-22(31)17-4-2-5-18(15-17)30-13-3-9-26-30/h2-10,13-15H,11-12H2,1H3,(H,24,28)(H,25,31)(H,23,27,29). The Morgan fingerprint density at radius 1 is 0.935 bits per heavy atom. The Kier molecular flexibility index (Phi) is 6.13. The molecule has 0 bridgehead atoms. The van der Waals surface area contributed by atoms with E-state index in [-0.39, 0.29) is 5.91 Å². The summed E-state index contributed by atoms with van der Waals surface area (Å²) >= 11 is 0. The maximum absolute atomic E-state index is 12.4. The Bertz CT molecular complexity index is 1140. The van der Waals surface area contributed by atoms with Crippen LogP contribution in [0.15, 0.2) is 73.2 Å². The third-order valence-corrected chi connectivity index (χ3v) is 4.43. The molecule has 3 aromatic heterocycles. The van der Waals surface area contributed by atoms with Crippen LogP contribution in [0.1, 0.15) is 15.9 Å². The topological polar surface area (TPSA) is 110 Å². The smallest absolute Gasteiger partial charge is 0.251 e. The van der Waals surface area contributed by atoms with Gasteiger partial charge in [-0.25, -0.2) is 9.67 Å². The summed E-state index contributed by atoms with van der Waals surface area (Å²) in [6.07, 6.45) is 5.27. The van der Waals surface area contributed by atoms with Crippen molar-refractivity contribution in [3.63, 3.8) is 0 Å². The number of carbonyl (C=O) groups excluding carboxylic acids is 1. The molecule has 0 atom stereocenters. The van der Waals surface area contributed by atoms with Gasteiger partial charge in [0, 0.05) is 37.2 Å². The van der Waals surface area contributed by atoms with Gasteiger partial charge in [-0.2, -0.15) is 5.10 Å². The van der Waals surface area contributed by atoms with Crippen LogP contribution in [-0.2, 0) is 0 Å². The lowest BCUT2D eigenvalue weighted by molar-refractivity contribution is 0.0955. The molecule has 0 unspecified atom stereocenters. The van der Waals surface area contributed by atoms with Crippen LogP contribution in [0.2, 0.25) is 0 Å². The maximum Gasteiger partial charge on any atom is 0.251 e. The second-order valence-corrected chi connectivity index (χ2v) is 6.83. The van der Waals surface area contributed by atoms with Gasteiger partial charge in [-0.3, -0.25) is 4.79 Å². The predicted molar refractivity (Wildman–Crippen MR) is 119 cm³/mol. The highest BCUT2D eigenvalue weighted by atomic mass is 16.1. The molecule has 1 amide bonds. The number of rotatable bonds is 8.